The van der Waals surface area contributed by atoms with Gasteiger partial charge in [-0.25, -0.2) is 0 Å². The number of carboxylic acids is 1. The maximum Gasteiger partial charge on any atom is 1.00 e. The first-order valence-corrected chi connectivity index (χ1v) is 2.09. The van der Waals surface area contributed by atoms with E-state index < -0.39 is 11.6 Å². The largest absolute Gasteiger partial charge is 1.00 e. The van der Waals surface area contributed by atoms with Crippen molar-refractivity contribution in [3.8, 4) is 0 Å². The van der Waals surface area contributed by atoms with Crippen LogP contribution < -0.4 is 56.5 Å². The Morgan fingerprint density at radius 1 is 1.62 bits per heavy atom. The summed E-state index contributed by atoms with van der Waals surface area (Å²) in [4.78, 5) is 9.72. The van der Waals surface area contributed by atoms with E-state index >= 15 is 0 Å². The minimum atomic E-state index is -1.44. The van der Waals surface area contributed by atoms with Gasteiger partial charge in [0.1, 0.15) is 5.60 Å². The summed E-state index contributed by atoms with van der Waals surface area (Å²) in [5, 5.41) is 18.3. The van der Waals surface area contributed by atoms with Crippen LogP contribution in [0.5, 0.6) is 0 Å². The van der Waals surface area contributed by atoms with Crippen LogP contribution in [0.1, 0.15) is 12.8 Å². The van der Waals surface area contributed by atoms with Crippen LogP contribution in [0.3, 0.4) is 0 Å². The molecule has 0 aromatic carbocycles. The van der Waals surface area contributed by atoms with Crippen molar-refractivity contribution in [2.45, 2.75) is 18.4 Å². The molecule has 0 aromatic rings. The maximum absolute atomic E-state index is 9.72. The molecule has 0 aromatic heterocycles. The first-order chi connectivity index (χ1) is 3.15. The number of carbonyl (C=O) groups is 1. The summed E-state index contributed by atoms with van der Waals surface area (Å²) in [5.41, 5.74) is -1.44. The van der Waals surface area contributed by atoms with Crippen LogP contribution in [-0.4, -0.2) is 16.7 Å². The molecule has 0 unspecified atom stereocenters. The molecular weight excluding hydrogens is 135 g/mol. The Morgan fingerprint density at radius 2 is 2.00 bits per heavy atom. The summed E-state index contributed by atoms with van der Waals surface area (Å²) in [6.07, 6.45) is 0.713. The summed E-state index contributed by atoms with van der Waals surface area (Å²) < 4.78 is 0. The molecule has 1 aliphatic carbocycles. The first kappa shape index (κ1) is 9.07. The van der Waals surface area contributed by atoms with Crippen LogP contribution in [0, 0.1) is 0 Å². The number of hydrogen-bond donors (Lipinski definition) is 1. The van der Waals surface area contributed by atoms with E-state index in [2.05, 4.69) is 0 Å². The van der Waals surface area contributed by atoms with Gasteiger partial charge in [-0.15, -0.1) is 0 Å². The van der Waals surface area contributed by atoms with E-state index in [1.807, 2.05) is 0 Å². The molecule has 4 heteroatoms. The fraction of sp³-hybridized carbons (Fsp3) is 0.750. The molecule has 1 aliphatic rings. The smallest absolute Gasteiger partial charge is 0.547 e. The topological polar surface area (TPSA) is 60.4 Å². The maximum atomic E-state index is 9.72. The zero-order chi connectivity index (χ0) is 5.49. The van der Waals surface area contributed by atoms with E-state index in [1.165, 1.54) is 0 Å². The zero-order valence-corrected chi connectivity index (χ0v) is 7.80. The molecule has 0 saturated heterocycles. The average Bonchev–Trinajstić information content (AvgIpc) is 2.21. The Labute approximate surface area is 89.5 Å². The van der Waals surface area contributed by atoms with E-state index in [0.717, 1.165) is 0 Å². The number of carboxylic acid groups (broad SMARTS) is 1. The molecule has 0 radical (unpaired) electrons. The van der Waals surface area contributed by atoms with Crippen molar-refractivity contribution >= 4 is 5.97 Å². The van der Waals surface area contributed by atoms with E-state index in [0.29, 0.717) is 12.8 Å². The number of aliphatic hydroxyl groups is 1. The predicted octanol–water partition coefficient (Wildman–Crippen LogP) is -4.73. The minimum absolute atomic E-state index is 0. The Balaban J connectivity index is 0.000000490. The van der Waals surface area contributed by atoms with Gasteiger partial charge >= 0.3 is 51.4 Å². The zero-order valence-electron chi connectivity index (χ0n) is 4.68. The molecule has 1 N–H and O–H groups in total. The molecule has 1 rings (SSSR count). The van der Waals surface area contributed by atoms with Crippen molar-refractivity contribution in [1.82, 2.24) is 0 Å². The standard InChI is InChI=1S/C4H6O3.K/c5-3(6)4(7)1-2-4;/h7H,1-2H2,(H,5,6);/q;+1/p-1. The molecule has 8 heavy (non-hydrogen) atoms. The normalized spacial score (nSPS) is 21.1. The molecule has 1 fully saturated rings. The summed E-state index contributed by atoms with van der Waals surface area (Å²) in [6.45, 7) is 0. The first-order valence-electron chi connectivity index (χ1n) is 2.09. The molecule has 0 bridgehead atoms. The molecule has 0 heterocycles. The summed E-state index contributed by atoms with van der Waals surface area (Å²) in [7, 11) is 0. The third-order valence-electron chi connectivity index (χ3n) is 1.10. The van der Waals surface area contributed by atoms with Crippen molar-refractivity contribution < 1.29 is 66.4 Å². The fourth-order valence-corrected chi connectivity index (χ4v) is 0.323. The SMILES string of the molecule is O=C([O-])C1(O)CC1.[K+]. The summed E-state index contributed by atoms with van der Waals surface area (Å²) in [5.74, 6) is -1.34. The van der Waals surface area contributed by atoms with Crippen LogP contribution in [-0.2, 0) is 4.79 Å². The second-order valence-corrected chi connectivity index (χ2v) is 1.82. The summed E-state index contributed by atoms with van der Waals surface area (Å²) >= 11 is 0. The van der Waals surface area contributed by atoms with Gasteiger partial charge in [0, 0.05) is 0 Å². The molecular formula is C4H5KO3. The molecule has 1 saturated carbocycles. The van der Waals surface area contributed by atoms with Crippen LogP contribution in [0.2, 0.25) is 0 Å². The third-order valence-corrected chi connectivity index (χ3v) is 1.10. The monoisotopic (exact) mass is 140 g/mol. The van der Waals surface area contributed by atoms with Gasteiger partial charge < -0.3 is 15.0 Å². The van der Waals surface area contributed by atoms with Crippen molar-refractivity contribution in [2.24, 2.45) is 0 Å². The van der Waals surface area contributed by atoms with Crippen molar-refractivity contribution in [3.05, 3.63) is 0 Å². The molecule has 0 spiro atoms. The molecule has 40 valence electrons. The molecule has 0 amide bonds. The van der Waals surface area contributed by atoms with Crippen LogP contribution >= 0.6 is 0 Å². The Hall–Kier alpha value is 1.07. The van der Waals surface area contributed by atoms with Gasteiger partial charge in [0.05, 0.1) is 5.97 Å². The van der Waals surface area contributed by atoms with Gasteiger partial charge in [-0.3, -0.25) is 0 Å². The van der Waals surface area contributed by atoms with E-state index in [1.54, 1.807) is 0 Å². The number of carbonyl (C=O) groups excluding carboxylic acids is 1. The van der Waals surface area contributed by atoms with Gasteiger partial charge in [0.15, 0.2) is 0 Å². The second-order valence-electron chi connectivity index (χ2n) is 1.82. The summed E-state index contributed by atoms with van der Waals surface area (Å²) in [6, 6.07) is 0. The fourth-order valence-electron chi connectivity index (χ4n) is 0.323. The predicted molar refractivity (Wildman–Crippen MR) is 19.2 cm³/mol. The number of hydrogen-bond acceptors (Lipinski definition) is 3. The van der Waals surface area contributed by atoms with Gasteiger partial charge in [-0.2, -0.15) is 0 Å². The van der Waals surface area contributed by atoms with Crippen molar-refractivity contribution in [2.75, 3.05) is 0 Å². The van der Waals surface area contributed by atoms with Gasteiger partial charge in [-0.05, 0) is 12.8 Å². The van der Waals surface area contributed by atoms with E-state index in [9.17, 15) is 9.90 Å². The van der Waals surface area contributed by atoms with Crippen LogP contribution in [0.4, 0.5) is 0 Å². The second kappa shape index (κ2) is 2.77. The van der Waals surface area contributed by atoms with Gasteiger partial charge in [0.25, 0.3) is 0 Å². The third kappa shape index (κ3) is 1.79. The quantitative estimate of drug-likeness (QED) is 0.372. The molecule has 0 aliphatic heterocycles. The van der Waals surface area contributed by atoms with Crippen LogP contribution in [0.25, 0.3) is 0 Å². The Morgan fingerprint density at radius 3 is 2.00 bits per heavy atom. The van der Waals surface area contributed by atoms with E-state index in [-0.39, 0.29) is 51.4 Å². The van der Waals surface area contributed by atoms with Crippen molar-refractivity contribution in [3.63, 3.8) is 0 Å². The molecule has 3 nitrogen and oxygen atoms in total. The Kier molecular flexibility index (Phi) is 3.14. The van der Waals surface area contributed by atoms with Crippen molar-refractivity contribution in [1.29, 1.82) is 0 Å². The minimum Gasteiger partial charge on any atom is -0.547 e. The number of aliphatic carboxylic acids is 1. The van der Waals surface area contributed by atoms with Gasteiger partial charge in [-0.1, -0.05) is 0 Å². The van der Waals surface area contributed by atoms with Gasteiger partial charge in [0.2, 0.25) is 0 Å². The Bertz CT molecular complexity index is 108. The average molecular weight is 140 g/mol. The number of rotatable bonds is 1. The van der Waals surface area contributed by atoms with Crippen LogP contribution in [0.15, 0.2) is 0 Å². The van der Waals surface area contributed by atoms with E-state index in [4.69, 9.17) is 5.11 Å². The molecule has 0 atom stereocenters.